The number of piperidine rings is 1. The first-order chi connectivity index (χ1) is 13.7. The van der Waals surface area contributed by atoms with Gasteiger partial charge in [0.15, 0.2) is 0 Å². The molecule has 1 N–H and O–H groups in total. The minimum Gasteiger partial charge on any atom is -0.460 e. The fraction of sp³-hybridized carbons (Fsp3) is 0.522. The molecule has 1 aliphatic heterocycles. The molecule has 29 heavy (non-hydrogen) atoms. The van der Waals surface area contributed by atoms with Gasteiger partial charge >= 0.3 is 5.97 Å². The second kappa shape index (κ2) is 10.2. The van der Waals surface area contributed by atoms with Crippen LogP contribution in [-0.4, -0.2) is 41.4 Å². The lowest BCUT2D eigenvalue weighted by molar-refractivity contribution is -0.155. The van der Waals surface area contributed by atoms with Crippen molar-refractivity contribution in [1.29, 1.82) is 0 Å². The minimum atomic E-state index is -0.450. The molecular formula is C23H32N2O4. The van der Waals surface area contributed by atoms with E-state index in [1.54, 1.807) is 6.07 Å². The summed E-state index contributed by atoms with van der Waals surface area (Å²) < 4.78 is 5.36. The van der Waals surface area contributed by atoms with E-state index in [0.717, 1.165) is 24.8 Å². The van der Waals surface area contributed by atoms with Crippen molar-refractivity contribution in [2.75, 3.05) is 18.4 Å². The number of likely N-dealkylation sites (tertiary alicyclic amines) is 1. The van der Waals surface area contributed by atoms with Crippen LogP contribution >= 0.6 is 0 Å². The summed E-state index contributed by atoms with van der Waals surface area (Å²) in [4.78, 5) is 38.1. The molecule has 0 atom stereocenters. The van der Waals surface area contributed by atoms with Gasteiger partial charge in [0.05, 0.1) is 6.42 Å². The molecule has 0 radical (unpaired) electrons. The van der Waals surface area contributed by atoms with Crippen molar-refractivity contribution in [2.45, 2.75) is 58.5 Å². The van der Waals surface area contributed by atoms with Gasteiger partial charge in [0.2, 0.25) is 11.8 Å². The molecule has 1 saturated heterocycles. The number of nitrogens with zero attached hydrogens (tertiary/aromatic N) is 1. The van der Waals surface area contributed by atoms with Crippen LogP contribution in [0.1, 0.15) is 52.0 Å². The summed E-state index contributed by atoms with van der Waals surface area (Å²) in [5.41, 5.74) is 0.978. The highest BCUT2D eigenvalue weighted by atomic mass is 16.6. The Bertz CT molecular complexity index is 743. The van der Waals surface area contributed by atoms with Crippen LogP contribution in [0.25, 0.3) is 0 Å². The molecule has 1 heterocycles. The zero-order chi connectivity index (χ0) is 21.4. The molecular weight excluding hydrogens is 368 g/mol. The Hall–Kier alpha value is -2.63. The van der Waals surface area contributed by atoms with E-state index in [2.05, 4.69) is 11.9 Å². The van der Waals surface area contributed by atoms with E-state index in [4.69, 9.17) is 4.74 Å². The first kappa shape index (κ1) is 22.7. The highest BCUT2D eigenvalue weighted by molar-refractivity contribution is 5.99. The Morgan fingerprint density at radius 1 is 1.21 bits per heavy atom. The molecule has 6 nitrogen and oxygen atoms in total. The van der Waals surface area contributed by atoms with Crippen LogP contribution in [0.2, 0.25) is 0 Å². The average molecular weight is 401 g/mol. The molecule has 0 unspecified atom stereocenters. The third kappa shape index (κ3) is 7.72. The van der Waals surface area contributed by atoms with Crippen molar-refractivity contribution in [3.63, 3.8) is 0 Å². The molecule has 0 bridgehead atoms. The first-order valence-corrected chi connectivity index (χ1v) is 10.2. The molecule has 1 fully saturated rings. The maximum Gasteiger partial charge on any atom is 0.306 e. The maximum absolute atomic E-state index is 12.7. The number of benzene rings is 1. The molecule has 1 aromatic rings. The summed E-state index contributed by atoms with van der Waals surface area (Å²) in [6.07, 6.45) is 4.46. The number of esters is 1. The van der Waals surface area contributed by atoms with Crippen LogP contribution in [0.5, 0.6) is 0 Å². The lowest BCUT2D eigenvalue weighted by Crippen LogP contribution is -2.39. The molecule has 2 amide bonds. The van der Waals surface area contributed by atoms with Crippen molar-refractivity contribution >= 4 is 23.5 Å². The molecule has 1 aromatic carbocycles. The Labute approximate surface area is 173 Å². The monoisotopic (exact) mass is 400 g/mol. The van der Waals surface area contributed by atoms with E-state index in [0.29, 0.717) is 31.1 Å². The lowest BCUT2D eigenvalue weighted by Gasteiger charge is -2.32. The number of carbonyl (C=O) groups is 3. The molecule has 1 aliphatic rings. The third-order valence-corrected chi connectivity index (χ3v) is 4.95. The van der Waals surface area contributed by atoms with E-state index in [9.17, 15) is 14.4 Å². The average Bonchev–Trinajstić information content (AvgIpc) is 2.66. The van der Waals surface area contributed by atoms with E-state index in [-0.39, 0.29) is 24.2 Å². The molecule has 0 saturated carbocycles. The van der Waals surface area contributed by atoms with E-state index >= 15 is 0 Å². The number of carbonyl (C=O) groups excluding carboxylic acids is 3. The Balaban J connectivity index is 1.81. The van der Waals surface area contributed by atoms with Gasteiger partial charge in [-0.05, 0) is 63.7 Å². The summed E-state index contributed by atoms with van der Waals surface area (Å²) in [5, 5.41) is 2.75. The Morgan fingerprint density at radius 3 is 2.48 bits per heavy atom. The van der Waals surface area contributed by atoms with E-state index < -0.39 is 5.60 Å². The predicted octanol–water partition coefficient (Wildman–Crippen LogP) is 3.71. The molecule has 0 spiro atoms. The summed E-state index contributed by atoms with van der Waals surface area (Å²) in [7, 11) is 0. The third-order valence-electron chi connectivity index (χ3n) is 4.95. The minimum absolute atomic E-state index is 0.0518. The Morgan fingerprint density at radius 2 is 1.86 bits per heavy atom. The van der Waals surface area contributed by atoms with Gasteiger partial charge in [-0.25, -0.2) is 0 Å². The molecule has 0 aliphatic carbocycles. The van der Waals surface area contributed by atoms with Crippen LogP contribution in [-0.2, 0) is 25.5 Å². The number of ether oxygens (including phenoxy) is 1. The fourth-order valence-electron chi connectivity index (χ4n) is 3.44. The van der Waals surface area contributed by atoms with Crippen molar-refractivity contribution in [3.05, 3.63) is 42.5 Å². The second-order valence-electron chi connectivity index (χ2n) is 8.48. The number of hydrogen-bond acceptors (Lipinski definition) is 4. The zero-order valence-electron chi connectivity index (χ0n) is 17.7. The van der Waals surface area contributed by atoms with Crippen molar-refractivity contribution in [2.24, 2.45) is 5.92 Å². The number of hydrogen-bond donors (Lipinski definition) is 1. The van der Waals surface area contributed by atoms with Gasteiger partial charge in [0, 0.05) is 25.2 Å². The number of rotatable bonds is 7. The highest BCUT2D eigenvalue weighted by Gasteiger charge is 2.25. The normalized spacial score (nSPS) is 14.9. The van der Waals surface area contributed by atoms with Crippen molar-refractivity contribution in [1.82, 2.24) is 4.90 Å². The van der Waals surface area contributed by atoms with Gasteiger partial charge < -0.3 is 15.0 Å². The number of nitrogens with one attached hydrogen (secondary N) is 1. The molecule has 6 heteroatoms. The summed E-state index contributed by atoms with van der Waals surface area (Å²) >= 11 is 0. The van der Waals surface area contributed by atoms with Crippen molar-refractivity contribution in [3.8, 4) is 0 Å². The van der Waals surface area contributed by atoms with Crippen LogP contribution < -0.4 is 5.32 Å². The standard InChI is InChI=1S/C23H32N2O4/c1-5-20(26)24-19-9-7-6-8-18(19)16-21(27)25-14-12-17(13-15-25)10-11-22(28)29-23(2,3)4/h5-9,17H,1,10-16H2,2-4H3,(H,24,26). The van der Waals surface area contributed by atoms with Crippen LogP contribution in [0.3, 0.4) is 0 Å². The second-order valence-corrected chi connectivity index (χ2v) is 8.48. The van der Waals surface area contributed by atoms with Crippen LogP contribution in [0.15, 0.2) is 36.9 Å². The molecule has 0 aromatic heterocycles. The van der Waals surface area contributed by atoms with Gasteiger partial charge in [0.25, 0.3) is 0 Å². The largest absolute Gasteiger partial charge is 0.460 e. The van der Waals surface area contributed by atoms with Gasteiger partial charge in [-0.15, -0.1) is 0 Å². The van der Waals surface area contributed by atoms with Crippen molar-refractivity contribution < 1.29 is 19.1 Å². The highest BCUT2D eigenvalue weighted by Crippen LogP contribution is 2.24. The predicted molar refractivity (Wildman–Crippen MR) is 113 cm³/mol. The first-order valence-electron chi connectivity index (χ1n) is 10.2. The quantitative estimate of drug-likeness (QED) is 0.559. The van der Waals surface area contributed by atoms with Crippen LogP contribution in [0, 0.1) is 5.92 Å². The number of para-hydroxylation sites is 1. The summed E-state index contributed by atoms with van der Waals surface area (Å²) in [5.74, 6) is 0.0338. The summed E-state index contributed by atoms with van der Waals surface area (Å²) in [6, 6.07) is 7.31. The lowest BCUT2D eigenvalue weighted by atomic mass is 9.92. The van der Waals surface area contributed by atoms with E-state index in [1.165, 1.54) is 6.08 Å². The number of amides is 2. The van der Waals surface area contributed by atoms with Gasteiger partial charge in [-0.2, -0.15) is 0 Å². The fourth-order valence-corrected chi connectivity index (χ4v) is 3.44. The zero-order valence-corrected chi connectivity index (χ0v) is 17.7. The summed E-state index contributed by atoms with van der Waals surface area (Å²) in [6.45, 7) is 10.5. The number of anilines is 1. The smallest absolute Gasteiger partial charge is 0.306 e. The molecule has 2 rings (SSSR count). The van der Waals surface area contributed by atoms with Gasteiger partial charge in [-0.3, -0.25) is 14.4 Å². The van der Waals surface area contributed by atoms with Gasteiger partial charge in [-0.1, -0.05) is 24.8 Å². The van der Waals surface area contributed by atoms with Crippen LogP contribution in [0.4, 0.5) is 5.69 Å². The maximum atomic E-state index is 12.7. The SMILES string of the molecule is C=CC(=O)Nc1ccccc1CC(=O)N1CCC(CCC(=O)OC(C)(C)C)CC1. The Kier molecular flexibility index (Phi) is 8.00. The van der Waals surface area contributed by atoms with Gasteiger partial charge in [0.1, 0.15) is 5.60 Å². The molecule has 158 valence electrons. The topological polar surface area (TPSA) is 75.7 Å². The van der Waals surface area contributed by atoms with E-state index in [1.807, 2.05) is 43.9 Å².